The molecule has 0 radical (unpaired) electrons. The predicted molar refractivity (Wildman–Crippen MR) is 92.3 cm³/mol. The Hall–Kier alpha value is -2.63. The molecular formula is C19H22N2O4. The van der Waals surface area contributed by atoms with Crippen LogP contribution in [0.25, 0.3) is 0 Å². The molecule has 3 rings (SSSR count). The molecule has 2 atom stereocenters. The second-order valence-electron chi connectivity index (χ2n) is 6.50. The Morgan fingerprint density at radius 3 is 2.76 bits per heavy atom. The number of fused-ring (bicyclic) bond motifs is 1. The van der Waals surface area contributed by atoms with Gasteiger partial charge in [0.15, 0.2) is 6.10 Å². The molecule has 1 aliphatic heterocycles. The highest BCUT2D eigenvalue weighted by Gasteiger charge is 2.34. The number of aryl methyl sites for hydroxylation is 2. The van der Waals surface area contributed by atoms with Crippen molar-refractivity contribution >= 4 is 17.6 Å². The highest BCUT2D eigenvalue weighted by Crippen LogP contribution is 2.32. The monoisotopic (exact) mass is 342 g/mol. The third-order valence-electron chi connectivity index (χ3n) is 4.60. The first kappa shape index (κ1) is 17.2. The third-order valence-corrected chi connectivity index (χ3v) is 4.60. The minimum Gasteiger partial charge on any atom is -0.452 e. The van der Waals surface area contributed by atoms with Crippen LogP contribution in [0.3, 0.4) is 0 Å². The number of aromatic nitrogens is 1. The Morgan fingerprint density at radius 2 is 2.08 bits per heavy atom. The zero-order chi connectivity index (χ0) is 18.1. The fourth-order valence-corrected chi connectivity index (χ4v) is 3.29. The van der Waals surface area contributed by atoms with Crippen molar-refractivity contribution in [2.75, 3.05) is 4.90 Å². The van der Waals surface area contributed by atoms with E-state index in [1.807, 2.05) is 31.2 Å². The molecule has 0 spiro atoms. The van der Waals surface area contributed by atoms with E-state index in [4.69, 9.17) is 9.26 Å². The summed E-state index contributed by atoms with van der Waals surface area (Å²) in [5.74, 6) is -0.0736. The smallest absolute Gasteiger partial charge is 0.311 e. The number of anilines is 1. The van der Waals surface area contributed by atoms with Crippen LogP contribution in [0, 0.1) is 13.8 Å². The Kier molecular flexibility index (Phi) is 4.61. The summed E-state index contributed by atoms with van der Waals surface area (Å²) in [5.41, 5.74) is 3.41. The van der Waals surface area contributed by atoms with Gasteiger partial charge >= 0.3 is 5.97 Å². The summed E-state index contributed by atoms with van der Waals surface area (Å²) in [4.78, 5) is 26.7. The van der Waals surface area contributed by atoms with Gasteiger partial charge in [-0.1, -0.05) is 23.4 Å². The second-order valence-corrected chi connectivity index (χ2v) is 6.50. The number of para-hydroxylation sites is 1. The Bertz CT molecular complexity index is 792. The second kappa shape index (κ2) is 6.70. The lowest BCUT2D eigenvalue weighted by atomic mass is 10.1. The highest BCUT2D eigenvalue weighted by molar-refractivity contribution is 5.99. The fraction of sp³-hybridized carbons (Fsp3) is 0.421. The number of rotatable bonds is 4. The zero-order valence-corrected chi connectivity index (χ0v) is 14.9. The summed E-state index contributed by atoms with van der Waals surface area (Å²) < 4.78 is 10.4. The Morgan fingerprint density at radius 1 is 1.36 bits per heavy atom. The van der Waals surface area contributed by atoms with Crippen LogP contribution in [0.5, 0.6) is 0 Å². The van der Waals surface area contributed by atoms with Crippen LogP contribution in [-0.2, 0) is 27.2 Å². The highest BCUT2D eigenvalue weighted by atomic mass is 16.5. The standard InChI is InChI=1S/C19H22N2O4/c1-11-9-15-7-5-6-8-17(15)21(11)19(23)14(4)24-18(22)10-16-12(2)20-25-13(16)3/h5-8,11,14H,9-10H2,1-4H3/t11-,14+/m0/s1. The molecule has 6 heteroatoms. The van der Waals surface area contributed by atoms with E-state index in [0.29, 0.717) is 17.0 Å². The zero-order valence-electron chi connectivity index (χ0n) is 14.9. The van der Waals surface area contributed by atoms with E-state index in [0.717, 1.165) is 17.7 Å². The van der Waals surface area contributed by atoms with Crippen LogP contribution in [0.2, 0.25) is 0 Å². The Labute approximate surface area is 146 Å². The molecule has 0 fully saturated rings. The molecule has 0 saturated carbocycles. The van der Waals surface area contributed by atoms with Gasteiger partial charge in [-0.3, -0.25) is 9.59 Å². The van der Waals surface area contributed by atoms with Crippen LogP contribution >= 0.6 is 0 Å². The maximum atomic E-state index is 12.8. The summed E-state index contributed by atoms with van der Waals surface area (Å²) in [5, 5.41) is 3.82. The van der Waals surface area contributed by atoms with E-state index >= 15 is 0 Å². The van der Waals surface area contributed by atoms with Crippen molar-refractivity contribution in [3.05, 3.63) is 46.8 Å². The van der Waals surface area contributed by atoms with Crippen LogP contribution in [0.15, 0.2) is 28.8 Å². The van der Waals surface area contributed by atoms with Crippen LogP contribution in [0.1, 0.15) is 36.4 Å². The molecule has 132 valence electrons. The van der Waals surface area contributed by atoms with Gasteiger partial charge in [0, 0.05) is 17.3 Å². The summed E-state index contributed by atoms with van der Waals surface area (Å²) in [6, 6.07) is 7.87. The van der Waals surface area contributed by atoms with Gasteiger partial charge in [0.25, 0.3) is 5.91 Å². The maximum Gasteiger partial charge on any atom is 0.311 e. The van der Waals surface area contributed by atoms with Crippen molar-refractivity contribution in [3.8, 4) is 0 Å². The molecule has 1 aliphatic rings. The summed E-state index contributed by atoms with van der Waals surface area (Å²) in [7, 11) is 0. The molecule has 1 amide bonds. The molecule has 0 saturated heterocycles. The van der Waals surface area contributed by atoms with Crippen molar-refractivity contribution in [2.24, 2.45) is 0 Å². The Balaban J connectivity index is 1.68. The van der Waals surface area contributed by atoms with Gasteiger partial charge in [-0.25, -0.2) is 0 Å². The van der Waals surface area contributed by atoms with Crippen molar-refractivity contribution < 1.29 is 18.8 Å². The van der Waals surface area contributed by atoms with E-state index in [9.17, 15) is 9.59 Å². The number of carbonyl (C=O) groups is 2. The number of carbonyl (C=O) groups excluding carboxylic acids is 2. The molecule has 0 bridgehead atoms. The number of esters is 1. The molecule has 2 aromatic rings. The molecule has 0 N–H and O–H groups in total. The lowest BCUT2D eigenvalue weighted by Gasteiger charge is -2.25. The number of hydrogen-bond donors (Lipinski definition) is 0. The first-order valence-electron chi connectivity index (χ1n) is 8.40. The van der Waals surface area contributed by atoms with Gasteiger partial charge in [0.1, 0.15) is 5.76 Å². The van der Waals surface area contributed by atoms with Crippen molar-refractivity contribution in [1.29, 1.82) is 0 Å². The minimum atomic E-state index is -0.846. The SMILES string of the molecule is Cc1noc(C)c1CC(=O)O[C@H](C)C(=O)N1c2ccccc2C[C@@H]1C. The van der Waals surface area contributed by atoms with Crippen LogP contribution in [-0.4, -0.2) is 29.2 Å². The lowest BCUT2D eigenvalue weighted by molar-refractivity contribution is -0.153. The number of amides is 1. The van der Waals surface area contributed by atoms with Gasteiger partial charge in [0.05, 0.1) is 12.1 Å². The molecule has 1 aromatic carbocycles. The average molecular weight is 342 g/mol. The van der Waals surface area contributed by atoms with Crippen molar-refractivity contribution in [1.82, 2.24) is 5.16 Å². The summed E-state index contributed by atoms with van der Waals surface area (Å²) in [6.45, 7) is 7.13. The molecule has 1 aromatic heterocycles. The first-order chi connectivity index (χ1) is 11.9. The predicted octanol–water partition coefficient (Wildman–Crippen LogP) is 2.74. The topological polar surface area (TPSA) is 72.6 Å². The third kappa shape index (κ3) is 3.29. The van der Waals surface area contributed by atoms with Crippen molar-refractivity contribution in [3.63, 3.8) is 0 Å². The van der Waals surface area contributed by atoms with Gasteiger partial charge in [0.2, 0.25) is 0 Å². The van der Waals surface area contributed by atoms with E-state index in [-0.39, 0.29) is 18.4 Å². The van der Waals surface area contributed by atoms with E-state index < -0.39 is 12.1 Å². The average Bonchev–Trinajstić information content (AvgIpc) is 3.07. The van der Waals surface area contributed by atoms with Gasteiger partial charge in [-0.05, 0) is 45.7 Å². The molecule has 25 heavy (non-hydrogen) atoms. The number of ether oxygens (including phenoxy) is 1. The maximum absolute atomic E-state index is 12.8. The van der Waals surface area contributed by atoms with Gasteiger partial charge in [-0.2, -0.15) is 0 Å². The van der Waals surface area contributed by atoms with Crippen LogP contribution in [0.4, 0.5) is 5.69 Å². The molecule has 0 unspecified atom stereocenters. The number of benzene rings is 1. The molecule has 2 heterocycles. The van der Waals surface area contributed by atoms with E-state index in [1.165, 1.54) is 0 Å². The largest absolute Gasteiger partial charge is 0.452 e. The van der Waals surface area contributed by atoms with Crippen LogP contribution < -0.4 is 4.90 Å². The first-order valence-corrected chi connectivity index (χ1v) is 8.40. The van der Waals surface area contributed by atoms with E-state index in [1.54, 1.807) is 25.7 Å². The summed E-state index contributed by atoms with van der Waals surface area (Å²) in [6.07, 6.45) is 0.00799. The molecule has 0 aliphatic carbocycles. The van der Waals surface area contributed by atoms with E-state index in [2.05, 4.69) is 5.16 Å². The van der Waals surface area contributed by atoms with Gasteiger partial charge < -0.3 is 14.2 Å². The molecular weight excluding hydrogens is 320 g/mol. The quantitative estimate of drug-likeness (QED) is 0.799. The normalized spacial score (nSPS) is 17.3. The number of hydrogen-bond acceptors (Lipinski definition) is 5. The van der Waals surface area contributed by atoms with Gasteiger partial charge in [-0.15, -0.1) is 0 Å². The van der Waals surface area contributed by atoms with Crippen molar-refractivity contribution in [2.45, 2.75) is 52.7 Å². The lowest BCUT2D eigenvalue weighted by Crippen LogP contribution is -2.43. The minimum absolute atomic E-state index is 0.0466. The fourth-order valence-electron chi connectivity index (χ4n) is 3.29. The summed E-state index contributed by atoms with van der Waals surface area (Å²) >= 11 is 0. The number of nitrogens with zero attached hydrogens (tertiary/aromatic N) is 2. The molecule has 6 nitrogen and oxygen atoms in total.